The molecule has 2 aromatic carbocycles. The van der Waals surface area contributed by atoms with Crippen LogP contribution in [0.5, 0.6) is 11.5 Å². The second-order valence-corrected chi connectivity index (χ2v) is 10.2. The van der Waals surface area contributed by atoms with E-state index >= 15 is 0 Å². The van der Waals surface area contributed by atoms with Crippen LogP contribution in [-0.2, 0) is 4.79 Å². The summed E-state index contributed by atoms with van der Waals surface area (Å²) < 4.78 is 10.7. The first-order valence-corrected chi connectivity index (χ1v) is 13.5. The summed E-state index contributed by atoms with van der Waals surface area (Å²) in [7, 11) is 3.21. The smallest absolute Gasteiger partial charge is 0.254 e. The van der Waals surface area contributed by atoms with E-state index < -0.39 is 0 Å². The van der Waals surface area contributed by atoms with Gasteiger partial charge in [-0.3, -0.25) is 9.59 Å². The van der Waals surface area contributed by atoms with Gasteiger partial charge in [-0.15, -0.1) is 10.2 Å². The Morgan fingerprint density at radius 1 is 0.923 bits per heavy atom. The Morgan fingerprint density at radius 3 is 2.36 bits per heavy atom. The van der Waals surface area contributed by atoms with Crippen molar-refractivity contribution in [1.29, 1.82) is 0 Å². The van der Waals surface area contributed by atoms with Gasteiger partial charge in [0.1, 0.15) is 6.54 Å². The van der Waals surface area contributed by atoms with Crippen LogP contribution in [0, 0.1) is 0 Å². The molecule has 2 amide bonds. The van der Waals surface area contributed by atoms with E-state index in [1.54, 1.807) is 43.4 Å². The molecule has 2 fully saturated rings. The van der Waals surface area contributed by atoms with Crippen LogP contribution in [0.3, 0.4) is 0 Å². The number of anilines is 1. The van der Waals surface area contributed by atoms with Crippen LogP contribution in [0.1, 0.15) is 29.6 Å². The molecule has 1 aromatic heterocycles. The highest BCUT2D eigenvalue weighted by atomic mass is 35.5. The number of amides is 2. The molecule has 0 atom stereocenters. The lowest BCUT2D eigenvalue weighted by atomic mass is 10.1. The first-order valence-electron chi connectivity index (χ1n) is 13.1. The van der Waals surface area contributed by atoms with Crippen LogP contribution in [0.25, 0.3) is 11.3 Å². The summed E-state index contributed by atoms with van der Waals surface area (Å²) in [6.07, 6.45) is 2.66. The fraction of sp³-hybridized carbons (Fsp3) is 0.379. The number of rotatable bonds is 8. The van der Waals surface area contributed by atoms with Crippen molar-refractivity contribution in [3.05, 3.63) is 65.2 Å². The molecule has 0 radical (unpaired) electrons. The maximum absolute atomic E-state index is 13.3. The van der Waals surface area contributed by atoms with Crippen molar-refractivity contribution in [2.75, 3.05) is 51.8 Å². The first-order chi connectivity index (χ1) is 19.0. The molecule has 0 bridgehead atoms. The largest absolute Gasteiger partial charge is 0.493 e. The van der Waals surface area contributed by atoms with Crippen molar-refractivity contribution >= 4 is 29.2 Å². The predicted molar refractivity (Wildman–Crippen MR) is 149 cm³/mol. The Kier molecular flexibility index (Phi) is 8.16. The van der Waals surface area contributed by atoms with Crippen LogP contribution >= 0.6 is 11.6 Å². The van der Waals surface area contributed by atoms with Gasteiger partial charge in [-0.05, 0) is 73.9 Å². The van der Waals surface area contributed by atoms with E-state index in [1.807, 2.05) is 35.2 Å². The van der Waals surface area contributed by atoms with Crippen LogP contribution in [-0.4, -0.2) is 84.8 Å². The maximum Gasteiger partial charge on any atom is 0.254 e. The molecule has 2 aliphatic rings. The Bertz CT molecular complexity index is 1310. The van der Waals surface area contributed by atoms with Gasteiger partial charge in [-0.25, -0.2) is 0 Å². The van der Waals surface area contributed by atoms with Gasteiger partial charge in [-0.2, -0.15) is 0 Å². The molecule has 0 spiro atoms. The molecule has 204 valence electrons. The zero-order valence-corrected chi connectivity index (χ0v) is 22.9. The Balaban J connectivity index is 1.20. The lowest BCUT2D eigenvalue weighted by Crippen LogP contribution is -2.45. The van der Waals surface area contributed by atoms with Crippen molar-refractivity contribution in [2.24, 2.45) is 0 Å². The second kappa shape index (κ2) is 11.9. The van der Waals surface area contributed by atoms with E-state index in [0.29, 0.717) is 41.7 Å². The summed E-state index contributed by atoms with van der Waals surface area (Å²) in [5.74, 6) is 1.91. The summed E-state index contributed by atoms with van der Waals surface area (Å²) in [6, 6.07) is 16.5. The minimum Gasteiger partial charge on any atom is -0.493 e. The highest BCUT2D eigenvalue weighted by Crippen LogP contribution is 2.32. The zero-order chi connectivity index (χ0) is 27.4. The average Bonchev–Trinajstić information content (AvgIpc) is 3.83. The Hall–Kier alpha value is -3.85. The Morgan fingerprint density at radius 2 is 1.69 bits per heavy atom. The molecule has 0 unspecified atom stereocenters. The van der Waals surface area contributed by atoms with Gasteiger partial charge in [0.2, 0.25) is 5.91 Å². The van der Waals surface area contributed by atoms with Gasteiger partial charge in [0.15, 0.2) is 17.3 Å². The molecular formula is C29H32ClN5O4. The number of hydrogen-bond acceptors (Lipinski definition) is 7. The second-order valence-electron chi connectivity index (χ2n) is 9.74. The standard InChI is InChI=1S/C29H32ClN5O4/c1-38-25-12-6-21(18-26(25)39-2)24-11-13-27(32-31-24)33-14-3-15-34(17-16-33)28(36)19-35(23-9-10-23)29(37)20-4-7-22(30)8-5-20/h4-8,11-13,18,23H,3,9-10,14-17,19H2,1-2H3. The third kappa shape index (κ3) is 6.25. The van der Waals surface area contributed by atoms with Crippen LogP contribution in [0.2, 0.25) is 5.02 Å². The fourth-order valence-electron chi connectivity index (χ4n) is 4.80. The zero-order valence-electron chi connectivity index (χ0n) is 22.2. The summed E-state index contributed by atoms with van der Waals surface area (Å²) in [5.41, 5.74) is 2.17. The van der Waals surface area contributed by atoms with Gasteiger partial charge in [-0.1, -0.05) is 11.6 Å². The van der Waals surface area contributed by atoms with Crippen LogP contribution in [0.4, 0.5) is 5.82 Å². The van der Waals surface area contributed by atoms with Gasteiger partial charge in [0, 0.05) is 48.4 Å². The molecule has 2 heterocycles. The molecular weight excluding hydrogens is 518 g/mol. The summed E-state index contributed by atoms with van der Waals surface area (Å²) in [4.78, 5) is 32.1. The Labute approximate surface area is 233 Å². The van der Waals surface area contributed by atoms with Gasteiger partial charge in [0.25, 0.3) is 5.91 Å². The van der Waals surface area contributed by atoms with Crippen molar-refractivity contribution in [2.45, 2.75) is 25.3 Å². The number of nitrogens with zero attached hydrogens (tertiary/aromatic N) is 5. The van der Waals surface area contributed by atoms with E-state index in [0.717, 1.165) is 42.9 Å². The van der Waals surface area contributed by atoms with Crippen LogP contribution < -0.4 is 14.4 Å². The lowest BCUT2D eigenvalue weighted by molar-refractivity contribution is -0.131. The number of methoxy groups -OCH3 is 2. The molecule has 9 nitrogen and oxygen atoms in total. The summed E-state index contributed by atoms with van der Waals surface area (Å²) >= 11 is 5.98. The number of ether oxygens (including phenoxy) is 2. The molecule has 1 saturated heterocycles. The predicted octanol–water partition coefficient (Wildman–Crippen LogP) is 4.16. The minimum absolute atomic E-state index is 0.0269. The molecule has 39 heavy (non-hydrogen) atoms. The van der Waals surface area contributed by atoms with E-state index in [1.165, 1.54) is 0 Å². The van der Waals surface area contributed by atoms with Gasteiger partial charge in [0.05, 0.1) is 19.9 Å². The molecule has 0 N–H and O–H groups in total. The van der Waals surface area contributed by atoms with Crippen molar-refractivity contribution in [1.82, 2.24) is 20.0 Å². The normalized spacial score (nSPS) is 15.5. The number of carbonyl (C=O) groups excluding carboxylic acids is 2. The summed E-state index contributed by atoms with van der Waals surface area (Å²) in [5, 5.41) is 9.49. The molecule has 1 aliphatic heterocycles. The quantitative estimate of drug-likeness (QED) is 0.417. The lowest BCUT2D eigenvalue weighted by Gasteiger charge is -2.27. The van der Waals surface area contributed by atoms with Crippen molar-refractivity contribution in [3.8, 4) is 22.8 Å². The SMILES string of the molecule is COc1ccc(-c2ccc(N3CCCN(C(=O)CN(C(=O)c4ccc(Cl)cc4)C4CC4)CC3)nn2)cc1OC. The van der Waals surface area contributed by atoms with E-state index in [9.17, 15) is 9.59 Å². The number of hydrogen-bond donors (Lipinski definition) is 0. The molecule has 10 heteroatoms. The highest BCUT2D eigenvalue weighted by Gasteiger charge is 2.35. The molecule has 1 aliphatic carbocycles. The number of carbonyl (C=O) groups is 2. The molecule has 3 aromatic rings. The van der Waals surface area contributed by atoms with E-state index in [4.69, 9.17) is 21.1 Å². The third-order valence-corrected chi connectivity index (χ3v) is 7.40. The average molecular weight is 550 g/mol. The topological polar surface area (TPSA) is 88.1 Å². The number of aromatic nitrogens is 2. The minimum atomic E-state index is -0.121. The highest BCUT2D eigenvalue weighted by molar-refractivity contribution is 6.30. The fourth-order valence-corrected chi connectivity index (χ4v) is 4.92. The monoisotopic (exact) mass is 549 g/mol. The van der Waals surface area contributed by atoms with Crippen LogP contribution in [0.15, 0.2) is 54.6 Å². The van der Waals surface area contributed by atoms with Crippen molar-refractivity contribution in [3.63, 3.8) is 0 Å². The maximum atomic E-state index is 13.3. The van der Waals surface area contributed by atoms with Gasteiger partial charge >= 0.3 is 0 Å². The van der Waals surface area contributed by atoms with E-state index in [2.05, 4.69) is 15.1 Å². The third-order valence-electron chi connectivity index (χ3n) is 7.15. The van der Waals surface area contributed by atoms with E-state index in [-0.39, 0.29) is 24.4 Å². The first kappa shape index (κ1) is 26.7. The molecule has 1 saturated carbocycles. The van der Waals surface area contributed by atoms with Crippen molar-refractivity contribution < 1.29 is 19.1 Å². The number of halogens is 1. The van der Waals surface area contributed by atoms with Gasteiger partial charge < -0.3 is 24.2 Å². The summed E-state index contributed by atoms with van der Waals surface area (Å²) in [6.45, 7) is 2.70. The molecule has 5 rings (SSSR count). The number of benzene rings is 2.